The van der Waals surface area contributed by atoms with Crippen LogP contribution >= 0.6 is 0 Å². The van der Waals surface area contributed by atoms with E-state index in [0.717, 1.165) is 44.3 Å². The zero-order valence-corrected chi connectivity index (χ0v) is 17.8. The number of nitrogens with one attached hydrogen (secondary N) is 2. The van der Waals surface area contributed by atoms with E-state index in [1.54, 1.807) is 18.2 Å². The number of rotatable bonds is 8. The van der Waals surface area contributed by atoms with Crippen LogP contribution in [0.3, 0.4) is 0 Å². The lowest BCUT2D eigenvalue weighted by Gasteiger charge is -2.26. The third-order valence-electron chi connectivity index (χ3n) is 5.34. The van der Waals surface area contributed by atoms with Gasteiger partial charge >= 0.3 is 0 Å². The normalized spacial score (nSPS) is 20.4. The molecule has 1 heterocycles. The van der Waals surface area contributed by atoms with Gasteiger partial charge in [0.1, 0.15) is 0 Å². The van der Waals surface area contributed by atoms with Crippen LogP contribution in [-0.2, 0) is 19.6 Å². The molecule has 8 heteroatoms. The maximum Gasteiger partial charge on any atom is 0.243 e. The zero-order chi connectivity index (χ0) is 20.7. The lowest BCUT2D eigenvalue weighted by molar-refractivity contribution is -0.120. The van der Waals surface area contributed by atoms with Crippen molar-refractivity contribution in [2.75, 3.05) is 43.5 Å². The molecule has 0 radical (unpaired) electrons. The molecule has 3 rings (SSSR count). The first kappa shape index (κ1) is 21.8. The van der Waals surface area contributed by atoms with Crippen molar-refractivity contribution >= 4 is 27.3 Å². The van der Waals surface area contributed by atoms with E-state index in [0.29, 0.717) is 32.0 Å². The number of allylic oxidation sites excluding steroid dienone is 2. The molecule has 1 aromatic carbocycles. The zero-order valence-electron chi connectivity index (χ0n) is 17.0. The van der Waals surface area contributed by atoms with E-state index in [9.17, 15) is 13.2 Å². The molecule has 1 amide bonds. The second kappa shape index (κ2) is 10.2. The first-order valence-corrected chi connectivity index (χ1v) is 11.9. The number of carbonyl (C=O) groups excluding carboxylic acids is 1. The summed E-state index contributed by atoms with van der Waals surface area (Å²) in [5.41, 5.74) is 1.27. The summed E-state index contributed by atoms with van der Waals surface area (Å²) >= 11 is 0. The van der Waals surface area contributed by atoms with Crippen LogP contribution in [-0.4, -0.2) is 51.5 Å². The summed E-state index contributed by atoms with van der Waals surface area (Å²) in [6.07, 6.45) is 8.60. The van der Waals surface area contributed by atoms with Gasteiger partial charge in [0.15, 0.2) is 0 Å². The molecule has 7 nitrogen and oxygen atoms in total. The molecular formula is C21H31N3O4S. The molecule has 2 N–H and O–H groups in total. The van der Waals surface area contributed by atoms with Crippen LogP contribution in [0.2, 0.25) is 0 Å². The minimum Gasteiger partial charge on any atom is -0.383 e. The van der Waals surface area contributed by atoms with Gasteiger partial charge in [0.05, 0.1) is 29.5 Å². The van der Waals surface area contributed by atoms with Crippen molar-refractivity contribution in [2.24, 2.45) is 5.92 Å². The van der Waals surface area contributed by atoms with Crippen molar-refractivity contribution in [1.29, 1.82) is 0 Å². The summed E-state index contributed by atoms with van der Waals surface area (Å²) in [5.74, 6) is -0.142. The Hall–Kier alpha value is -1.90. The van der Waals surface area contributed by atoms with Crippen molar-refractivity contribution in [2.45, 2.75) is 43.9 Å². The Balaban J connectivity index is 1.84. The van der Waals surface area contributed by atoms with Gasteiger partial charge in [-0.05, 0) is 43.9 Å². The maximum atomic E-state index is 13.0. The predicted octanol–water partition coefficient (Wildman–Crippen LogP) is 3.21. The van der Waals surface area contributed by atoms with Crippen molar-refractivity contribution in [3.05, 3.63) is 30.4 Å². The molecule has 29 heavy (non-hydrogen) atoms. The molecule has 1 aliphatic carbocycles. The van der Waals surface area contributed by atoms with Gasteiger partial charge in [-0.3, -0.25) is 4.79 Å². The standard InChI is InChI=1S/C21H31N3O4S/c1-2-3-11-22-19-10-9-18(29(26,27)24-12-14-28-15-13-24)16-20(19)23-21(25)17-7-5-4-6-8-17/h4-5,9-10,16-17,22H,2-3,6-8,11-15H2,1H3,(H,23,25). The molecular weight excluding hydrogens is 390 g/mol. The lowest BCUT2D eigenvalue weighted by atomic mass is 9.93. The first-order valence-electron chi connectivity index (χ1n) is 10.4. The summed E-state index contributed by atoms with van der Waals surface area (Å²) < 4.78 is 32.8. The fraction of sp³-hybridized carbons (Fsp3) is 0.571. The molecule has 0 saturated carbocycles. The third kappa shape index (κ3) is 5.58. The smallest absolute Gasteiger partial charge is 0.243 e. The average Bonchev–Trinajstić information content (AvgIpc) is 2.76. The van der Waals surface area contributed by atoms with E-state index in [2.05, 4.69) is 23.6 Å². The number of unbranched alkanes of at least 4 members (excludes halogenated alkanes) is 1. The van der Waals surface area contributed by atoms with Crippen LogP contribution in [0.25, 0.3) is 0 Å². The van der Waals surface area contributed by atoms with E-state index in [4.69, 9.17) is 4.74 Å². The van der Waals surface area contributed by atoms with Crippen LogP contribution in [0.15, 0.2) is 35.2 Å². The number of benzene rings is 1. The SMILES string of the molecule is CCCCNc1ccc(S(=O)(=O)N2CCOCC2)cc1NC(=O)C1CC=CCC1. The Kier molecular flexibility index (Phi) is 7.69. The quantitative estimate of drug-likeness (QED) is 0.497. The van der Waals surface area contributed by atoms with Gasteiger partial charge < -0.3 is 15.4 Å². The Morgan fingerprint density at radius 3 is 2.69 bits per heavy atom. The molecule has 1 saturated heterocycles. The van der Waals surface area contributed by atoms with Gasteiger partial charge in [-0.1, -0.05) is 25.5 Å². The van der Waals surface area contributed by atoms with Crippen LogP contribution in [0.5, 0.6) is 0 Å². The van der Waals surface area contributed by atoms with Crippen molar-refractivity contribution in [3.63, 3.8) is 0 Å². The van der Waals surface area contributed by atoms with Crippen LogP contribution < -0.4 is 10.6 Å². The number of anilines is 2. The van der Waals surface area contributed by atoms with Gasteiger partial charge in [0.25, 0.3) is 0 Å². The van der Waals surface area contributed by atoms with E-state index >= 15 is 0 Å². The summed E-state index contributed by atoms with van der Waals surface area (Å²) in [6, 6.07) is 4.94. The minimum absolute atomic E-state index is 0.0613. The van der Waals surface area contributed by atoms with E-state index in [1.807, 2.05) is 6.08 Å². The number of hydrogen-bond acceptors (Lipinski definition) is 5. The van der Waals surface area contributed by atoms with Gasteiger partial charge in [-0.25, -0.2) is 8.42 Å². The summed E-state index contributed by atoms with van der Waals surface area (Å²) in [5, 5.41) is 6.30. The van der Waals surface area contributed by atoms with Gasteiger partial charge in [0, 0.05) is 25.6 Å². The van der Waals surface area contributed by atoms with Crippen molar-refractivity contribution in [1.82, 2.24) is 4.31 Å². The molecule has 1 atom stereocenters. The Morgan fingerprint density at radius 1 is 1.21 bits per heavy atom. The highest BCUT2D eigenvalue weighted by atomic mass is 32.2. The number of ether oxygens (including phenoxy) is 1. The molecule has 160 valence electrons. The molecule has 0 bridgehead atoms. The van der Waals surface area contributed by atoms with E-state index < -0.39 is 10.0 Å². The fourth-order valence-corrected chi connectivity index (χ4v) is 4.98. The number of amides is 1. The molecule has 1 aromatic rings. The first-order chi connectivity index (χ1) is 14.0. The number of carbonyl (C=O) groups is 1. The second-order valence-electron chi connectivity index (χ2n) is 7.47. The summed E-state index contributed by atoms with van der Waals surface area (Å²) in [6.45, 7) is 4.35. The van der Waals surface area contributed by atoms with Gasteiger partial charge in [-0.15, -0.1) is 0 Å². The molecule has 1 aliphatic heterocycles. The Labute approximate surface area is 173 Å². The number of hydrogen-bond donors (Lipinski definition) is 2. The summed E-state index contributed by atoms with van der Waals surface area (Å²) in [4.78, 5) is 13.0. The molecule has 0 aromatic heterocycles. The van der Waals surface area contributed by atoms with Crippen LogP contribution in [0.4, 0.5) is 11.4 Å². The fourth-order valence-electron chi connectivity index (χ4n) is 3.54. The molecule has 2 aliphatic rings. The largest absolute Gasteiger partial charge is 0.383 e. The van der Waals surface area contributed by atoms with Crippen molar-refractivity contribution in [3.8, 4) is 0 Å². The topological polar surface area (TPSA) is 87.7 Å². The minimum atomic E-state index is -3.62. The Morgan fingerprint density at radius 2 is 2.00 bits per heavy atom. The van der Waals surface area contributed by atoms with Gasteiger partial charge in [-0.2, -0.15) is 4.31 Å². The lowest BCUT2D eigenvalue weighted by Crippen LogP contribution is -2.40. The average molecular weight is 422 g/mol. The molecule has 1 fully saturated rings. The highest BCUT2D eigenvalue weighted by Gasteiger charge is 2.27. The molecule has 1 unspecified atom stereocenters. The third-order valence-corrected chi connectivity index (χ3v) is 7.24. The maximum absolute atomic E-state index is 13.0. The highest BCUT2D eigenvalue weighted by molar-refractivity contribution is 7.89. The number of sulfonamides is 1. The molecule has 0 spiro atoms. The predicted molar refractivity (Wildman–Crippen MR) is 115 cm³/mol. The van der Waals surface area contributed by atoms with E-state index in [-0.39, 0.29) is 16.7 Å². The van der Waals surface area contributed by atoms with Gasteiger partial charge in [0.2, 0.25) is 15.9 Å². The number of morpholine rings is 1. The van der Waals surface area contributed by atoms with Crippen LogP contribution in [0.1, 0.15) is 39.0 Å². The van der Waals surface area contributed by atoms with Crippen molar-refractivity contribution < 1.29 is 17.9 Å². The Bertz CT molecular complexity index is 832. The van der Waals surface area contributed by atoms with Crippen LogP contribution in [0, 0.1) is 5.92 Å². The number of nitrogens with zero attached hydrogens (tertiary/aromatic N) is 1. The second-order valence-corrected chi connectivity index (χ2v) is 9.41. The van der Waals surface area contributed by atoms with E-state index in [1.165, 1.54) is 4.31 Å². The summed E-state index contributed by atoms with van der Waals surface area (Å²) in [7, 11) is -3.62. The monoisotopic (exact) mass is 421 g/mol. The highest BCUT2D eigenvalue weighted by Crippen LogP contribution is 2.29.